The summed E-state index contributed by atoms with van der Waals surface area (Å²) in [6.45, 7) is 0. The maximum Gasteiger partial charge on any atom is 0.176 e. The fourth-order valence-corrected chi connectivity index (χ4v) is 3.40. The number of rotatable bonds is 0. The topological polar surface area (TPSA) is 26.3 Å². The molecule has 1 aliphatic heterocycles. The van der Waals surface area contributed by atoms with Crippen LogP contribution >= 0.6 is 0 Å². The van der Waals surface area contributed by atoms with Crippen molar-refractivity contribution in [2.75, 3.05) is 0 Å². The lowest BCUT2D eigenvalue weighted by Gasteiger charge is -2.42. The smallest absolute Gasteiger partial charge is 0.176 e. The number of hydrogen-bond donors (Lipinski definition) is 0. The number of carbonyl (C=O) groups is 1. The molecule has 88 valence electrons. The van der Waals surface area contributed by atoms with Gasteiger partial charge in [0.05, 0.1) is 5.76 Å². The molecule has 2 heteroatoms. The van der Waals surface area contributed by atoms with Crippen LogP contribution in [0.3, 0.4) is 0 Å². The molecule has 3 rings (SSSR count). The Morgan fingerprint density at radius 3 is 2.56 bits per heavy atom. The lowest BCUT2D eigenvalue weighted by atomic mass is 9.76. The van der Waals surface area contributed by atoms with Gasteiger partial charge in [-0.3, -0.25) is 4.79 Å². The summed E-state index contributed by atoms with van der Waals surface area (Å²) in [7, 11) is 0. The van der Waals surface area contributed by atoms with Crippen LogP contribution in [0.15, 0.2) is 11.3 Å². The Labute approximate surface area is 97.1 Å². The number of allylic oxidation sites excluding steroid dienone is 2. The van der Waals surface area contributed by atoms with E-state index in [0.717, 1.165) is 44.9 Å². The molecule has 1 saturated carbocycles. The highest BCUT2D eigenvalue weighted by molar-refractivity contribution is 5.88. The lowest BCUT2D eigenvalue weighted by Crippen LogP contribution is -2.46. The van der Waals surface area contributed by atoms with E-state index in [2.05, 4.69) is 0 Å². The summed E-state index contributed by atoms with van der Waals surface area (Å²) >= 11 is 0. The molecule has 3 aliphatic rings. The second-order valence-electron chi connectivity index (χ2n) is 5.46. The van der Waals surface area contributed by atoms with Gasteiger partial charge in [-0.2, -0.15) is 0 Å². The van der Waals surface area contributed by atoms with Crippen molar-refractivity contribution >= 4 is 5.78 Å². The highest BCUT2D eigenvalue weighted by atomic mass is 16.5. The summed E-state index contributed by atoms with van der Waals surface area (Å²) in [5, 5.41) is 0. The Bertz CT molecular complexity index is 343. The van der Waals surface area contributed by atoms with Crippen molar-refractivity contribution in [3.63, 3.8) is 0 Å². The maximum absolute atomic E-state index is 12.1. The second kappa shape index (κ2) is 3.90. The van der Waals surface area contributed by atoms with E-state index in [0.29, 0.717) is 5.78 Å². The van der Waals surface area contributed by atoms with Crippen molar-refractivity contribution in [3.05, 3.63) is 11.3 Å². The van der Waals surface area contributed by atoms with Crippen molar-refractivity contribution < 1.29 is 9.53 Å². The Hall–Kier alpha value is -0.790. The van der Waals surface area contributed by atoms with Gasteiger partial charge in [-0.05, 0) is 56.9 Å². The molecule has 0 amide bonds. The minimum Gasteiger partial charge on any atom is -0.484 e. The summed E-state index contributed by atoms with van der Waals surface area (Å²) in [6, 6.07) is 0. The van der Waals surface area contributed by atoms with E-state index in [1.807, 2.05) is 0 Å². The van der Waals surface area contributed by atoms with Gasteiger partial charge in [-0.1, -0.05) is 0 Å². The zero-order chi connectivity index (χ0) is 11.0. The van der Waals surface area contributed by atoms with Crippen LogP contribution in [0.25, 0.3) is 0 Å². The van der Waals surface area contributed by atoms with Crippen LogP contribution in [0.2, 0.25) is 0 Å². The zero-order valence-corrected chi connectivity index (χ0v) is 9.89. The number of carbonyl (C=O) groups excluding carboxylic acids is 1. The van der Waals surface area contributed by atoms with E-state index in [1.165, 1.54) is 30.6 Å². The van der Waals surface area contributed by atoms with Gasteiger partial charge < -0.3 is 4.74 Å². The van der Waals surface area contributed by atoms with Gasteiger partial charge in [0.25, 0.3) is 0 Å². The SMILES string of the molecule is O=C1CCCCC12CCC1=C(CCCC1)O2. The first-order chi connectivity index (χ1) is 7.80. The Balaban J connectivity index is 1.84. The van der Waals surface area contributed by atoms with Crippen LogP contribution in [-0.2, 0) is 9.53 Å². The van der Waals surface area contributed by atoms with E-state index in [9.17, 15) is 4.79 Å². The quantitative estimate of drug-likeness (QED) is 0.624. The van der Waals surface area contributed by atoms with Crippen molar-refractivity contribution in [3.8, 4) is 0 Å². The molecule has 0 N–H and O–H groups in total. The van der Waals surface area contributed by atoms with E-state index in [-0.39, 0.29) is 0 Å². The first-order valence-corrected chi connectivity index (χ1v) is 6.73. The highest BCUT2D eigenvalue weighted by Crippen LogP contribution is 2.43. The molecule has 1 fully saturated rings. The van der Waals surface area contributed by atoms with Gasteiger partial charge in [-0.15, -0.1) is 0 Å². The van der Waals surface area contributed by atoms with Crippen molar-refractivity contribution in [1.82, 2.24) is 0 Å². The molecule has 0 aromatic heterocycles. The van der Waals surface area contributed by atoms with E-state index in [1.54, 1.807) is 0 Å². The van der Waals surface area contributed by atoms with Crippen LogP contribution in [0.5, 0.6) is 0 Å². The van der Waals surface area contributed by atoms with Crippen LogP contribution in [-0.4, -0.2) is 11.4 Å². The average Bonchev–Trinajstić information content (AvgIpc) is 2.33. The van der Waals surface area contributed by atoms with Crippen LogP contribution < -0.4 is 0 Å². The Morgan fingerprint density at radius 2 is 1.69 bits per heavy atom. The highest BCUT2D eigenvalue weighted by Gasteiger charge is 2.44. The van der Waals surface area contributed by atoms with E-state index in [4.69, 9.17) is 4.74 Å². The molecule has 1 unspecified atom stereocenters. The fraction of sp³-hybridized carbons (Fsp3) is 0.786. The number of hydrogen-bond acceptors (Lipinski definition) is 2. The van der Waals surface area contributed by atoms with E-state index >= 15 is 0 Å². The maximum atomic E-state index is 12.1. The molecule has 0 radical (unpaired) electrons. The monoisotopic (exact) mass is 220 g/mol. The molecular formula is C14H20O2. The first kappa shape index (κ1) is 10.4. The average molecular weight is 220 g/mol. The molecule has 0 saturated heterocycles. The molecule has 0 aromatic carbocycles. The van der Waals surface area contributed by atoms with Crippen molar-refractivity contribution in [1.29, 1.82) is 0 Å². The summed E-state index contributed by atoms with van der Waals surface area (Å²) in [5.41, 5.74) is 1.12. The number of Topliss-reactive ketones (excluding diaryl/α,β-unsaturated/α-hetero) is 1. The Morgan fingerprint density at radius 1 is 0.875 bits per heavy atom. The minimum absolute atomic E-state index is 0.371. The normalized spacial score (nSPS) is 34.9. The van der Waals surface area contributed by atoms with Crippen LogP contribution in [0.4, 0.5) is 0 Å². The summed E-state index contributed by atoms with van der Waals surface area (Å²) in [5.74, 6) is 1.56. The third-order valence-corrected chi connectivity index (χ3v) is 4.42. The number of ether oxygens (including phenoxy) is 1. The third-order valence-electron chi connectivity index (χ3n) is 4.42. The molecule has 0 bridgehead atoms. The van der Waals surface area contributed by atoms with Gasteiger partial charge in [0.15, 0.2) is 11.4 Å². The molecule has 1 atom stereocenters. The van der Waals surface area contributed by atoms with Crippen molar-refractivity contribution in [2.45, 2.75) is 69.8 Å². The molecule has 2 aliphatic carbocycles. The first-order valence-electron chi connectivity index (χ1n) is 6.73. The molecule has 16 heavy (non-hydrogen) atoms. The largest absolute Gasteiger partial charge is 0.484 e. The summed E-state index contributed by atoms with van der Waals surface area (Å²) in [4.78, 5) is 12.1. The van der Waals surface area contributed by atoms with E-state index < -0.39 is 5.60 Å². The van der Waals surface area contributed by atoms with Gasteiger partial charge >= 0.3 is 0 Å². The molecular weight excluding hydrogens is 200 g/mol. The third kappa shape index (κ3) is 1.59. The summed E-state index contributed by atoms with van der Waals surface area (Å²) < 4.78 is 6.16. The predicted molar refractivity (Wildman–Crippen MR) is 62.0 cm³/mol. The fourth-order valence-electron chi connectivity index (χ4n) is 3.40. The minimum atomic E-state index is -0.394. The van der Waals surface area contributed by atoms with Gasteiger partial charge in [0.2, 0.25) is 0 Å². The predicted octanol–water partition coefficient (Wildman–Crippen LogP) is 3.51. The lowest BCUT2D eigenvalue weighted by molar-refractivity contribution is -0.147. The van der Waals surface area contributed by atoms with Gasteiger partial charge in [0.1, 0.15) is 0 Å². The number of ketones is 1. The van der Waals surface area contributed by atoms with Crippen LogP contribution in [0, 0.1) is 0 Å². The molecule has 1 heterocycles. The molecule has 2 nitrogen and oxygen atoms in total. The van der Waals surface area contributed by atoms with Gasteiger partial charge in [0, 0.05) is 12.8 Å². The Kier molecular flexibility index (Phi) is 2.53. The molecule has 0 aromatic rings. The molecule has 1 spiro atoms. The summed E-state index contributed by atoms with van der Waals surface area (Å²) in [6.07, 6.45) is 10.8. The zero-order valence-electron chi connectivity index (χ0n) is 9.89. The standard InChI is InChI=1S/C14H20O2/c15-13-7-3-4-9-14(13)10-8-11-5-1-2-6-12(11)16-14/h1-10H2. The van der Waals surface area contributed by atoms with Crippen LogP contribution in [0.1, 0.15) is 64.2 Å². The second-order valence-corrected chi connectivity index (χ2v) is 5.46. The van der Waals surface area contributed by atoms with Crippen molar-refractivity contribution in [2.24, 2.45) is 0 Å². The van der Waals surface area contributed by atoms with Gasteiger partial charge in [-0.25, -0.2) is 0 Å².